The fraction of sp³-hybridized carbons (Fsp3) is 0.562. The highest BCUT2D eigenvalue weighted by molar-refractivity contribution is 6.02. The number of carbonyl (C=O) groups is 3. The highest BCUT2D eigenvalue weighted by Crippen LogP contribution is 2.22. The first kappa shape index (κ1) is 17.1. The van der Waals surface area contributed by atoms with E-state index in [0.29, 0.717) is 42.0 Å². The van der Waals surface area contributed by atoms with Crippen LogP contribution in [0.1, 0.15) is 52.4 Å². The number of hydrogen-bond acceptors (Lipinski definition) is 4. The molecule has 1 aliphatic heterocycles. The van der Waals surface area contributed by atoms with Crippen LogP contribution in [0.25, 0.3) is 0 Å². The molecule has 1 fully saturated rings. The number of aromatic nitrogens is 1. The summed E-state index contributed by atoms with van der Waals surface area (Å²) in [6.07, 6.45) is 0.543. The molecule has 0 aromatic carbocycles. The van der Waals surface area contributed by atoms with E-state index < -0.39 is 12.0 Å². The fourth-order valence-electron chi connectivity index (χ4n) is 2.98. The Kier molecular flexibility index (Phi) is 5.08. The number of aromatic amines is 1. The van der Waals surface area contributed by atoms with E-state index >= 15 is 0 Å². The van der Waals surface area contributed by atoms with Crippen molar-refractivity contribution >= 4 is 17.8 Å². The number of H-pyrrole nitrogens is 1. The van der Waals surface area contributed by atoms with Gasteiger partial charge in [0.15, 0.2) is 0 Å². The third kappa shape index (κ3) is 3.09. The molecule has 1 aromatic heterocycles. The van der Waals surface area contributed by atoms with E-state index in [9.17, 15) is 14.4 Å². The van der Waals surface area contributed by atoms with Crippen LogP contribution in [0.5, 0.6) is 0 Å². The van der Waals surface area contributed by atoms with Crippen molar-refractivity contribution in [2.24, 2.45) is 0 Å². The minimum Gasteiger partial charge on any atom is -0.462 e. The molecule has 2 amide bonds. The molecule has 1 unspecified atom stereocenters. The SMILES string of the molecule is CCOC(=O)c1c(C)[nH]c(C(=O)N2CCNC(=O)C2CC)c1C. The largest absolute Gasteiger partial charge is 0.462 e. The average Bonchev–Trinajstić information content (AvgIpc) is 2.81. The summed E-state index contributed by atoms with van der Waals surface area (Å²) >= 11 is 0. The molecule has 126 valence electrons. The van der Waals surface area contributed by atoms with E-state index in [-0.39, 0.29) is 18.4 Å². The molecule has 7 nitrogen and oxygen atoms in total. The van der Waals surface area contributed by atoms with Gasteiger partial charge in [0.1, 0.15) is 11.7 Å². The van der Waals surface area contributed by atoms with Gasteiger partial charge in [0.2, 0.25) is 5.91 Å². The number of ether oxygens (including phenoxy) is 1. The highest BCUT2D eigenvalue weighted by Gasteiger charge is 2.34. The topological polar surface area (TPSA) is 91.5 Å². The van der Waals surface area contributed by atoms with Crippen LogP contribution in [0, 0.1) is 13.8 Å². The molecule has 7 heteroatoms. The zero-order valence-corrected chi connectivity index (χ0v) is 14.0. The van der Waals surface area contributed by atoms with Gasteiger partial charge in [0.25, 0.3) is 5.91 Å². The second kappa shape index (κ2) is 6.85. The van der Waals surface area contributed by atoms with E-state index in [1.54, 1.807) is 25.7 Å². The van der Waals surface area contributed by atoms with Gasteiger partial charge in [-0.15, -0.1) is 0 Å². The number of hydrogen-bond donors (Lipinski definition) is 2. The van der Waals surface area contributed by atoms with Crippen LogP contribution >= 0.6 is 0 Å². The number of rotatable bonds is 4. The predicted octanol–water partition coefficient (Wildman–Crippen LogP) is 1.16. The van der Waals surface area contributed by atoms with Crippen LogP contribution in [-0.4, -0.2) is 53.4 Å². The molecule has 0 radical (unpaired) electrons. The Morgan fingerprint density at radius 2 is 2.00 bits per heavy atom. The maximum absolute atomic E-state index is 12.8. The zero-order valence-electron chi connectivity index (χ0n) is 14.0. The summed E-state index contributed by atoms with van der Waals surface area (Å²) in [7, 11) is 0. The maximum Gasteiger partial charge on any atom is 0.340 e. The van der Waals surface area contributed by atoms with E-state index in [1.807, 2.05) is 6.92 Å². The van der Waals surface area contributed by atoms with Gasteiger partial charge in [-0.3, -0.25) is 9.59 Å². The van der Waals surface area contributed by atoms with Crippen LogP contribution in [0.4, 0.5) is 0 Å². The second-order valence-electron chi connectivity index (χ2n) is 5.56. The molecule has 0 saturated carbocycles. The van der Waals surface area contributed by atoms with Crippen molar-refractivity contribution in [3.63, 3.8) is 0 Å². The third-order valence-electron chi connectivity index (χ3n) is 4.11. The monoisotopic (exact) mass is 321 g/mol. The van der Waals surface area contributed by atoms with Gasteiger partial charge in [-0.25, -0.2) is 4.79 Å². The van der Waals surface area contributed by atoms with Gasteiger partial charge in [-0.1, -0.05) is 6.92 Å². The van der Waals surface area contributed by atoms with E-state index in [4.69, 9.17) is 4.74 Å². The molecule has 2 rings (SSSR count). The first-order valence-corrected chi connectivity index (χ1v) is 7.87. The number of nitrogens with zero attached hydrogens (tertiary/aromatic N) is 1. The summed E-state index contributed by atoms with van der Waals surface area (Å²) in [5.74, 6) is -0.845. The van der Waals surface area contributed by atoms with Crippen molar-refractivity contribution in [1.82, 2.24) is 15.2 Å². The summed E-state index contributed by atoms with van der Waals surface area (Å²) in [5, 5.41) is 2.77. The lowest BCUT2D eigenvalue weighted by atomic mass is 10.1. The third-order valence-corrected chi connectivity index (χ3v) is 4.11. The summed E-state index contributed by atoms with van der Waals surface area (Å²) in [6, 6.07) is -0.481. The lowest BCUT2D eigenvalue weighted by Gasteiger charge is -2.34. The minimum atomic E-state index is -0.481. The van der Waals surface area contributed by atoms with E-state index in [0.717, 1.165) is 0 Å². The van der Waals surface area contributed by atoms with Crippen molar-refractivity contribution in [1.29, 1.82) is 0 Å². The lowest BCUT2D eigenvalue weighted by molar-refractivity contribution is -0.127. The standard InChI is InChI=1S/C16H23N3O4/c1-5-11-14(20)17-7-8-19(11)15(21)13-9(3)12(10(4)18-13)16(22)23-6-2/h11,18H,5-8H2,1-4H3,(H,17,20). The molecule has 0 spiro atoms. The van der Waals surface area contributed by atoms with Crippen LogP contribution in [-0.2, 0) is 9.53 Å². The Bertz CT molecular complexity index is 636. The number of carbonyl (C=O) groups excluding carboxylic acids is 3. The minimum absolute atomic E-state index is 0.140. The average molecular weight is 321 g/mol. The van der Waals surface area contributed by atoms with Crippen molar-refractivity contribution in [2.75, 3.05) is 19.7 Å². The Labute approximate surface area is 135 Å². The molecular formula is C16H23N3O4. The Hall–Kier alpha value is -2.31. The van der Waals surface area contributed by atoms with Crippen LogP contribution in [0.3, 0.4) is 0 Å². The Balaban J connectivity index is 2.34. The summed E-state index contributed by atoms with van der Waals surface area (Å²) in [5.41, 5.74) is 1.90. The quantitative estimate of drug-likeness (QED) is 0.814. The summed E-state index contributed by atoms with van der Waals surface area (Å²) in [4.78, 5) is 41.4. The number of amides is 2. The molecular weight excluding hydrogens is 298 g/mol. The van der Waals surface area contributed by atoms with Gasteiger partial charge < -0.3 is 19.9 Å². The summed E-state index contributed by atoms with van der Waals surface area (Å²) in [6.45, 7) is 8.21. The van der Waals surface area contributed by atoms with Gasteiger partial charge in [0, 0.05) is 18.8 Å². The van der Waals surface area contributed by atoms with Crippen LogP contribution in [0.15, 0.2) is 0 Å². The van der Waals surface area contributed by atoms with Crippen molar-refractivity contribution in [3.05, 3.63) is 22.5 Å². The number of aryl methyl sites for hydroxylation is 1. The lowest BCUT2D eigenvalue weighted by Crippen LogP contribution is -2.57. The molecule has 2 heterocycles. The molecule has 1 saturated heterocycles. The smallest absolute Gasteiger partial charge is 0.340 e. The van der Waals surface area contributed by atoms with Crippen molar-refractivity contribution < 1.29 is 19.1 Å². The molecule has 23 heavy (non-hydrogen) atoms. The van der Waals surface area contributed by atoms with Crippen molar-refractivity contribution in [2.45, 2.75) is 40.2 Å². The highest BCUT2D eigenvalue weighted by atomic mass is 16.5. The van der Waals surface area contributed by atoms with Crippen molar-refractivity contribution in [3.8, 4) is 0 Å². The molecule has 2 N–H and O–H groups in total. The first-order chi connectivity index (χ1) is 10.9. The predicted molar refractivity (Wildman–Crippen MR) is 84.3 cm³/mol. The first-order valence-electron chi connectivity index (χ1n) is 7.87. The fourth-order valence-corrected chi connectivity index (χ4v) is 2.98. The van der Waals surface area contributed by atoms with E-state index in [1.165, 1.54) is 0 Å². The normalized spacial score (nSPS) is 17.8. The van der Waals surface area contributed by atoms with Gasteiger partial charge in [-0.2, -0.15) is 0 Å². The van der Waals surface area contributed by atoms with Gasteiger partial charge in [-0.05, 0) is 32.8 Å². The Morgan fingerprint density at radius 1 is 1.30 bits per heavy atom. The molecule has 1 aromatic rings. The molecule has 1 aliphatic rings. The number of esters is 1. The van der Waals surface area contributed by atoms with Gasteiger partial charge in [0.05, 0.1) is 12.2 Å². The zero-order chi connectivity index (χ0) is 17.1. The molecule has 0 aliphatic carbocycles. The number of piperazine rings is 1. The summed E-state index contributed by atoms with van der Waals surface area (Å²) < 4.78 is 5.04. The second-order valence-corrected chi connectivity index (χ2v) is 5.56. The van der Waals surface area contributed by atoms with Crippen LogP contribution < -0.4 is 5.32 Å². The molecule has 1 atom stereocenters. The van der Waals surface area contributed by atoms with Crippen LogP contribution in [0.2, 0.25) is 0 Å². The molecule has 0 bridgehead atoms. The Morgan fingerprint density at radius 3 is 2.61 bits per heavy atom. The number of nitrogens with one attached hydrogen (secondary N) is 2. The maximum atomic E-state index is 12.8. The van der Waals surface area contributed by atoms with Gasteiger partial charge >= 0.3 is 5.97 Å². The van der Waals surface area contributed by atoms with E-state index in [2.05, 4.69) is 10.3 Å².